The molecule has 6 fully saturated rings. The zero-order valence-corrected chi connectivity index (χ0v) is 17.6. The van der Waals surface area contributed by atoms with E-state index in [0.717, 1.165) is 24.7 Å². The van der Waals surface area contributed by atoms with Crippen LogP contribution < -0.4 is 0 Å². The molecule has 0 aromatic carbocycles. The second-order valence-electron chi connectivity index (χ2n) is 11.6. The van der Waals surface area contributed by atoms with Crippen LogP contribution in [0.1, 0.15) is 65.2 Å². The standard InChI is InChI=1S/C24H29ClO3/c1-22-6-4-16(26)21(25)20(22)12-9-11(12)18-14(22)3-7-23(2)19(18)13-10-15(13)24(23)8-5-17(27)28-24/h11-15,18-19H,3-10H2,1-2H3/t11?,12?,13?,14?,15?,18?,19?,22?,23?,24-/m0/s1. The van der Waals surface area contributed by atoms with Crippen LogP contribution in [0, 0.1) is 52.3 Å². The Morgan fingerprint density at radius 2 is 1.82 bits per heavy atom. The van der Waals surface area contributed by atoms with E-state index in [9.17, 15) is 9.59 Å². The second kappa shape index (κ2) is 4.74. The van der Waals surface area contributed by atoms with Gasteiger partial charge in [-0.1, -0.05) is 25.4 Å². The molecule has 1 heterocycles. The molecule has 0 bridgehead atoms. The van der Waals surface area contributed by atoms with Gasteiger partial charge in [0.2, 0.25) is 0 Å². The monoisotopic (exact) mass is 400 g/mol. The van der Waals surface area contributed by atoms with E-state index in [1.54, 1.807) is 0 Å². The highest BCUT2D eigenvalue weighted by atomic mass is 35.5. The zero-order valence-electron chi connectivity index (χ0n) is 16.8. The number of esters is 1. The van der Waals surface area contributed by atoms with Crippen molar-refractivity contribution >= 4 is 23.4 Å². The van der Waals surface area contributed by atoms with Gasteiger partial charge in [-0.2, -0.15) is 0 Å². The van der Waals surface area contributed by atoms with E-state index in [0.29, 0.717) is 47.5 Å². The lowest BCUT2D eigenvalue weighted by molar-refractivity contribution is -0.177. The fraction of sp³-hybridized carbons (Fsp3) is 0.833. The molecule has 9 unspecified atom stereocenters. The van der Waals surface area contributed by atoms with E-state index in [1.165, 1.54) is 31.3 Å². The van der Waals surface area contributed by atoms with Crippen molar-refractivity contribution in [3.8, 4) is 0 Å². The molecule has 6 aliphatic carbocycles. The third-order valence-corrected chi connectivity index (χ3v) is 11.4. The summed E-state index contributed by atoms with van der Waals surface area (Å²) in [5, 5.41) is 0.602. The number of hydrogen-bond donors (Lipinski definition) is 0. The first-order chi connectivity index (χ1) is 13.3. The lowest BCUT2D eigenvalue weighted by Gasteiger charge is -2.60. The van der Waals surface area contributed by atoms with Crippen LogP contribution in [0.2, 0.25) is 0 Å². The van der Waals surface area contributed by atoms with Gasteiger partial charge in [0.25, 0.3) is 0 Å². The quantitative estimate of drug-likeness (QED) is 0.544. The molecule has 0 aromatic rings. The molecule has 4 heteroatoms. The Labute approximate surface area is 171 Å². The number of carbonyl (C=O) groups excluding carboxylic acids is 2. The minimum absolute atomic E-state index is 0.0392. The summed E-state index contributed by atoms with van der Waals surface area (Å²) in [7, 11) is 0. The highest BCUT2D eigenvalue weighted by molar-refractivity contribution is 6.43. The Balaban J connectivity index is 1.34. The number of carbonyl (C=O) groups is 2. The van der Waals surface area contributed by atoms with Gasteiger partial charge in [0.05, 0.1) is 5.03 Å². The largest absolute Gasteiger partial charge is 0.458 e. The van der Waals surface area contributed by atoms with E-state index in [4.69, 9.17) is 16.3 Å². The molecule has 10 atom stereocenters. The van der Waals surface area contributed by atoms with Crippen LogP contribution in [0.4, 0.5) is 0 Å². The predicted molar refractivity (Wildman–Crippen MR) is 104 cm³/mol. The van der Waals surface area contributed by atoms with Crippen LogP contribution in [-0.2, 0) is 14.3 Å². The highest BCUT2D eigenvalue weighted by Gasteiger charge is 2.81. The first-order valence-electron chi connectivity index (χ1n) is 11.5. The third-order valence-electron chi connectivity index (χ3n) is 10.9. The Kier molecular flexibility index (Phi) is 2.86. The maximum absolute atomic E-state index is 12.4. The number of ether oxygens (including phenoxy) is 1. The maximum Gasteiger partial charge on any atom is 0.306 e. The number of allylic oxidation sites excluding steroid dienone is 1. The Morgan fingerprint density at radius 3 is 2.57 bits per heavy atom. The van der Waals surface area contributed by atoms with Crippen molar-refractivity contribution in [2.24, 2.45) is 52.3 Å². The summed E-state index contributed by atoms with van der Waals surface area (Å²) in [5.41, 5.74) is 1.45. The summed E-state index contributed by atoms with van der Waals surface area (Å²) in [6, 6.07) is 0. The van der Waals surface area contributed by atoms with E-state index < -0.39 is 0 Å². The molecule has 0 amide bonds. The first-order valence-corrected chi connectivity index (χ1v) is 11.8. The molecular weight excluding hydrogens is 372 g/mol. The van der Waals surface area contributed by atoms with Crippen molar-refractivity contribution in [1.29, 1.82) is 0 Å². The van der Waals surface area contributed by atoms with Crippen molar-refractivity contribution in [3.63, 3.8) is 0 Å². The van der Waals surface area contributed by atoms with Gasteiger partial charge in [-0.25, -0.2) is 0 Å². The van der Waals surface area contributed by atoms with E-state index in [1.807, 2.05) is 0 Å². The average molecular weight is 401 g/mol. The third kappa shape index (κ3) is 1.62. The van der Waals surface area contributed by atoms with E-state index in [2.05, 4.69) is 13.8 Å². The number of ketones is 1. The van der Waals surface area contributed by atoms with Gasteiger partial charge in [-0.05, 0) is 85.0 Å². The van der Waals surface area contributed by atoms with Gasteiger partial charge >= 0.3 is 5.97 Å². The fourth-order valence-corrected chi connectivity index (χ4v) is 10.3. The van der Waals surface area contributed by atoms with Crippen LogP contribution in [0.25, 0.3) is 0 Å². The molecule has 1 aliphatic heterocycles. The smallest absolute Gasteiger partial charge is 0.306 e. The molecule has 5 saturated carbocycles. The zero-order chi connectivity index (χ0) is 19.2. The topological polar surface area (TPSA) is 43.4 Å². The molecule has 0 aromatic heterocycles. The molecule has 28 heavy (non-hydrogen) atoms. The van der Waals surface area contributed by atoms with Gasteiger partial charge in [-0.15, -0.1) is 0 Å². The van der Waals surface area contributed by atoms with Crippen LogP contribution in [0.5, 0.6) is 0 Å². The highest BCUT2D eigenvalue weighted by Crippen LogP contribution is 2.82. The Bertz CT molecular complexity index is 877. The number of rotatable bonds is 0. The lowest BCUT2D eigenvalue weighted by atomic mass is 9.45. The second-order valence-corrected chi connectivity index (χ2v) is 12.0. The van der Waals surface area contributed by atoms with Gasteiger partial charge in [-0.3, -0.25) is 9.59 Å². The molecule has 7 rings (SSSR count). The lowest BCUT2D eigenvalue weighted by Crippen LogP contribution is -2.57. The molecular formula is C24H29ClO3. The normalized spacial score (nSPS) is 60.6. The summed E-state index contributed by atoms with van der Waals surface area (Å²) in [5.74, 6) is 4.95. The van der Waals surface area contributed by atoms with Crippen LogP contribution >= 0.6 is 11.6 Å². The van der Waals surface area contributed by atoms with Gasteiger partial charge in [0, 0.05) is 24.2 Å². The minimum Gasteiger partial charge on any atom is -0.458 e. The minimum atomic E-state index is -0.161. The molecule has 150 valence electrons. The van der Waals surface area contributed by atoms with Crippen LogP contribution in [-0.4, -0.2) is 17.4 Å². The fourth-order valence-electron chi connectivity index (χ4n) is 9.84. The Morgan fingerprint density at radius 1 is 1.00 bits per heavy atom. The molecule has 1 spiro atoms. The number of halogens is 1. The molecule has 1 saturated heterocycles. The number of hydrogen-bond acceptors (Lipinski definition) is 3. The van der Waals surface area contributed by atoms with Gasteiger partial charge < -0.3 is 4.74 Å². The molecule has 3 nitrogen and oxygen atoms in total. The molecule has 0 radical (unpaired) electrons. The molecule has 0 N–H and O–H groups in total. The summed E-state index contributed by atoms with van der Waals surface area (Å²) in [6.45, 7) is 4.90. The van der Waals surface area contributed by atoms with Crippen molar-refractivity contribution < 1.29 is 14.3 Å². The molecule has 7 aliphatic rings. The van der Waals surface area contributed by atoms with E-state index in [-0.39, 0.29) is 28.2 Å². The van der Waals surface area contributed by atoms with E-state index >= 15 is 0 Å². The van der Waals surface area contributed by atoms with Crippen LogP contribution in [0.3, 0.4) is 0 Å². The summed E-state index contributed by atoms with van der Waals surface area (Å²) in [4.78, 5) is 24.5. The average Bonchev–Trinajstić information content (AvgIpc) is 3.55. The summed E-state index contributed by atoms with van der Waals surface area (Å²) < 4.78 is 6.21. The summed E-state index contributed by atoms with van der Waals surface area (Å²) >= 11 is 6.65. The van der Waals surface area contributed by atoms with Crippen molar-refractivity contribution in [2.75, 3.05) is 0 Å². The van der Waals surface area contributed by atoms with Gasteiger partial charge in [0.15, 0.2) is 5.78 Å². The maximum atomic E-state index is 12.4. The SMILES string of the molecule is CC12CCC(=O)C(Cl)=C1C1CC1C1C2CCC2(C)C1C1CC1[C@@]21CCC(=O)O1. The van der Waals surface area contributed by atoms with Crippen molar-refractivity contribution in [1.82, 2.24) is 0 Å². The number of fused-ring (bicyclic) bond motifs is 12. The number of Topliss-reactive ketones (excluding diaryl/α,β-unsaturated/α-hetero) is 1. The summed E-state index contributed by atoms with van der Waals surface area (Å²) in [6.07, 6.45) is 8.05. The predicted octanol–water partition coefficient (Wildman–Crippen LogP) is 4.87. The van der Waals surface area contributed by atoms with Crippen molar-refractivity contribution in [2.45, 2.75) is 70.8 Å². The van der Waals surface area contributed by atoms with Gasteiger partial charge in [0.1, 0.15) is 5.60 Å². The van der Waals surface area contributed by atoms with Crippen molar-refractivity contribution in [3.05, 3.63) is 10.6 Å². The van der Waals surface area contributed by atoms with Crippen LogP contribution in [0.15, 0.2) is 10.6 Å². The Hall–Kier alpha value is -0.830. The first kappa shape index (κ1) is 16.9.